The second kappa shape index (κ2) is 12.9. The lowest BCUT2D eigenvalue weighted by molar-refractivity contribution is -0.134. The Bertz CT molecular complexity index is 1440. The third-order valence-corrected chi connectivity index (χ3v) is 8.24. The first-order valence-electron chi connectivity index (χ1n) is 15.0. The first-order valence-corrected chi connectivity index (χ1v) is 15.0. The van der Waals surface area contributed by atoms with Crippen molar-refractivity contribution in [3.8, 4) is 11.4 Å². The van der Waals surface area contributed by atoms with Crippen molar-refractivity contribution in [2.45, 2.75) is 71.8 Å². The third kappa shape index (κ3) is 6.55. The van der Waals surface area contributed by atoms with Gasteiger partial charge in [0.15, 0.2) is 5.69 Å². The van der Waals surface area contributed by atoms with Crippen molar-refractivity contribution in [1.29, 1.82) is 0 Å². The van der Waals surface area contributed by atoms with E-state index in [0.29, 0.717) is 86.3 Å². The van der Waals surface area contributed by atoms with Crippen molar-refractivity contribution in [3.63, 3.8) is 0 Å². The van der Waals surface area contributed by atoms with Crippen LogP contribution in [0.15, 0.2) is 28.8 Å². The van der Waals surface area contributed by atoms with Crippen LogP contribution in [0.1, 0.15) is 83.9 Å². The van der Waals surface area contributed by atoms with Crippen LogP contribution in [-0.4, -0.2) is 79.7 Å². The summed E-state index contributed by atoms with van der Waals surface area (Å²) >= 11 is 0. The molecule has 1 N–H and O–H groups in total. The third-order valence-electron chi connectivity index (χ3n) is 8.24. The van der Waals surface area contributed by atoms with Gasteiger partial charge >= 0.3 is 0 Å². The van der Waals surface area contributed by atoms with Gasteiger partial charge in [-0.25, -0.2) is 0 Å². The fraction of sp³-hybridized carbons (Fsp3) is 0.548. The summed E-state index contributed by atoms with van der Waals surface area (Å²) in [6.45, 7) is 8.04. The van der Waals surface area contributed by atoms with E-state index in [2.05, 4.69) is 34.4 Å². The number of rotatable bonds is 5. The molecule has 1 unspecified atom stereocenters. The van der Waals surface area contributed by atoms with Crippen LogP contribution in [0.4, 0.5) is 0 Å². The number of carbonyl (C=O) groups excluding carboxylic acids is 3. The molecule has 1 aliphatic carbocycles. The minimum Gasteiger partial charge on any atom is -0.351 e. The summed E-state index contributed by atoms with van der Waals surface area (Å²) < 4.78 is 6.92. The standard InChI is InChI=1S/C31H41N7O4/c1-20(2)13-17-38-24-11-12-26-25(19-24)28(34-36(26)4)30(40)32-14-7-16-37(15-6-10-27(38)39)31(41)23-9-5-8-22(18-23)29-33-21(3)42-35-29/h5,8-9,18,20,24H,6-7,10-17,19H2,1-4H3,(H,32,40). The number of amides is 3. The Labute approximate surface area is 246 Å². The maximum atomic E-state index is 13.7. The molecule has 0 spiro atoms. The number of hydrogen-bond donors (Lipinski definition) is 1. The molecule has 2 bridgehead atoms. The number of benzene rings is 1. The van der Waals surface area contributed by atoms with Crippen LogP contribution in [0, 0.1) is 12.8 Å². The van der Waals surface area contributed by atoms with E-state index in [1.165, 1.54) is 0 Å². The smallest absolute Gasteiger partial charge is 0.272 e. The summed E-state index contributed by atoms with van der Waals surface area (Å²) in [7, 11) is 1.88. The van der Waals surface area contributed by atoms with Gasteiger partial charge in [-0.15, -0.1) is 0 Å². The predicted octanol–water partition coefficient (Wildman–Crippen LogP) is 3.57. The lowest BCUT2D eigenvalue weighted by Crippen LogP contribution is -2.45. The van der Waals surface area contributed by atoms with E-state index >= 15 is 0 Å². The Balaban J connectivity index is 1.38. The van der Waals surface area contributed by atoms with Crippen LogP contribution in [-0.2, 0) is 24.7 Å². The molecule has 3 amide bonds. The van der Waals surface area contributed by atoms with Crippen molar-refractivity contribution >= 4 is 17.7 Å². The van der Waals surface area contributed by atoms with E-state index in [9.17, 15) is 14.4 Å². The van der Waals surface area contributed by atoms with E-state index in [1.54, 1.807) is 30.0 Å². The molecule has 11 nitrogen and oxygen atoms in total. The number of nitrogens with zero attached hydrogens (tertiary/aromatic N) is 6. The first kappa shape index (κ1) is 29.5. The average molecular weight is 576 g/mol. The summed E-state index contributed by atoms with van der Waals surface area (Å²) in [6.07, 6.45) is 4.69. The highest BCUT2D eigenvalue weighted by Gasteiger charge is 2.33. The maximum absolute atomic E-state index is 13.7. The SMILES string of the molecule is Cc1nc(-c2cccc(C(=O)N3CCCNC(=O)c4nn(C)c5c4CC(CC5)N(CCC(C)C)C(=O)CCC3)c2)no1. The molecule has 2 aromatic heterocycles. The van der Waals surface area contributed by atoms with Crippen LogP contribution in [0.25, 0.3) is 11.4 Å². The molecule has 224 valence electrons. The normalized spacial score (nSPS) is 18.5. The topological polar surface area (TPSA) is 126 Å². The number of hydrogen-bond acceptors (Lipinski definition) is 7. The number of fused-ring (bicyclic) bond motifs is 1. The van der Waals surface area contributed by atoms with Crippen LogP contribution in [0.3, 0.4) is 0 Å². The van der Waals surface area contributed by atoms with Gasteiger partial charge < -0.3 is 19.6 Å². The number of aryl methyl sites for hydroxylation is 2. The van der Waals surface area contributed by atoms with Gasteiger partial charge in [0.05, 0.1) is 0 Å². The quantitative estimate of drug-likeness (QED) is 0.493. The molecular formula is C31H41N7O4. The van der Waals surface area contributed by atoms with Gasteiger partial charge in [-0.05, 0) is 56.6 Å². The van der Waals surface area contributed by atoms with Gasteiger partial charge in [0.25, 0.3) is 11.8 Å². The van der Waals surface area contributed by atoms with Crippen molar-refractivity contribution < 1.29 is 18.9 Å². The monoisotopic (exact) mass is 575 g/mol. The van der Waals surface area contributed by atoms with Gasteiger partial charge in [-0.1, -0.05) is 31.1 Å². The number of aromatic nitrogens is 4. The molecule has 1 atom stereocenters. The zero-order valence-corrected chi connectivity index (χ0v) is 25.1. The minimum atomic E-state index is -0.205. The van der Waals surface area contributed by atoms with Gasteiger partial charge in [-0.2, -0.15) is 10.1 Å². The van der Waals surface area contributed by atoms with E-state index in [-0.39, 0.29) is 23.8 Å². The fourth-order valence-electron chi connectivity index (χ4n) is 5.95. The summed E-state index contributed by atoms with van der Waals surface area (Å²) in [5.41, 5.74) is 3.69. The molecule has 2 aliphatic rings. The predicted molar refractivity (Wildman–Crippen MR) is 157 cm³/mol. The minimum absolute atomic E-state index is 0.0267. The summed E-state index contributed by atoms with van der Waals surface area (Å²) in [6, 6.07) is 7.21. The summed E-state index contributed by atoms with van der Waals surface area (Å²) in [5, 5.41) is 11.6. The Kier molecular flexibility index (Phi) is 9.03. The van der Waals surface area contributed by atoms with Crippen molar-refractivity contribution in [3.05, 3.63) is 52.7 Å². The molecule has 3 heterocycles. The molecule has 1 aromatic carbocycles. The molecule has 0 fully saturated rings. The van der Waals surface area contributed by atoms with Crippen LogP contribution < -0.4 is 5.32 Å². The van der Waals surface area contributed by atoms with E-state index in [0.717, 1.165) is 30.5 Å². The molecule has 0 saturated heterocycles. The van der Waals surface area contributed by atoms with Crippen LogP contribution in [0.5, 0.6) is 0 Å². The second-order valence-corrected chi connectivity index (χ2v) is 11.8. The van der Waals surface area contributed by atoms with Gasteiger partial charge in [0.2, 0.25) is 17.6 Å². The zero-order valence-electron chi connectivity index (χ0n) is 25.1. The fourth-order valence-corrected chi connectivity index (χ4v) is 5.95. The lowest BCUT2D eigenvalue weighted by Gasteiger charge is -2.35. The molecule has 0 saturated carbocycles. The van der Waals surface area contributed by atoms with E-state index < -0.39 is 0 Å². The maximum Gasteiger partial charge on any atom is 0.272 e. The zero-order chi connectivity index (χ0) is 29.8. The summed E-state index contributed by atoms with van der Waals surface area (Å²) in [4.78, 5) is 48.7. The van der Waals surface area contributed by atoms with Gasteiger partial charge in [-0.3, -0.25) is 19.1 Å². The van der Waals surface area contributed by atoms with Crippen molar-refractivity contribution in [1.82, 2.24) is 35.0 Å². The first-order chi connectivity index (χ1) is 20.2. The Morgan fingerprint density at radius 1 is 1.17 bits per heavy atom. The second-order valence-electron chi connectivity index (χ2n) is 11.8. The molecule has 42 heavy (non-hydrogen) atoms. The highest BCUT2D eigenvalue weighted by Crippen LogP contribution is 2.28. The van der Waals surface area contributed by atoms with Crippen LogP contribution >= 0.6 is 0 Å². The van der Waals surface area contributed by atoms with E-state index in [4.69, 9.17) is 4.52 Å². The molecular weight excluding hydrogens is 534 g/mol. The van der Waals surface area contributed by atoms with Crippen LogP contribution in [0.2, 0.25) is 0 Å². The van der Waals surface area contributed by atoms with Gasteiger partial charge in [0.1, 0.15) is 0 Å². The highest BCUT2D eigenvalue weighted by atomic mass is 16.5. The molecule has 11 heteroatoms. The number of carbonyl (C=O) groups is 3. The molecule has 1 aliphatic heterocycles. The molecule has 5 rings (SSSR count). The number of nitrogens with one attached hydrogen (secondary N) is 1. The Hall–Kier alpha value is -4.02. The Morgan fingerprint density at radius 2 is 1.98 bits per heavy atom. The lowest BCUT2D eigenvalue weighted by atomic mass is 9.89. The van der Waals surface area contributed by atoms with E-state index in [1.807, 2.05) is 22.7 Å². The highest BCUT2D eigenvalue weighted by molar-refractivity contribution is 5.95. The average Bonchev–Trinajstić information content (AvgIpc) is 3.56. The van der Waals surface area contributed by atoms with Gasteiger partial charge in [0, 0.05) is 75.0 Å². The summed E-state index contributed by atoms with van der Waals surface area (Å²) in [5.74, 6) is 1.11. The molecule has 0 radical (unpaired) electrons. The molecule has 3 aromatic rings. The largest absolute Gasteiger partial charge is 0.351 e. The van der Waals surface area contributed by atoms with Crippen molar-refractivity contribution in [2.24, 2.45) is 13.0 Å². The Morgan fingerprint density at radius 3 is 2.74 bits per heavy atom. The van der Waals surface area contributed by atoms with Crippen molar-refractivity contribution in [2.75, 3.05) is 26.2 Å².